The van der Waals surface area contributed by atoms with Crippen LogP contribution in [0.4, 0.5) is 0 Å². The van der Waals surface area contributed by atoms with Gasteiger partial charge < -0.3 is 4.74 Å². The number of rotatable bonds is 5. The Morgan fingerprint density at radius 3 is 2.68 bits per heavy atom. The molecular formula is C17H24O2. The number of carbonyl (C=O) groups is 1. The summed E-state index contributed by atoms with van der Waals surface area (Å²) in [6, 6.07) is 7.85. The molecule has 1 aliphatic carbocycles. The van der Waals surface area contributed by atoms with Gasteiger partial charge in [-0.2, -0.15) is 0 Å². The van der Waals surface area contributed by atoms with Crippen LogP contribution in [0.3, 0.4) is 0 Å². The summed E-state index contributed by atoms with van der Waals surface area (Å²) >= 11 is 0. The van der Waals surface area contributed by atoms with E-state index in [1.165, 1.54) is 19.3 Å². The summed E-state index contributed by atoms with van der Waals surface area (Å²) < 4.78 is 5.79. The number of Topliss-reactive ketones (excluding diaryl/α,β-unsaturated/α-hetero) is 1. The van der Waals surface area contributed by atoms with Gasteiger partial charge in [0, 0.05) is 12.2 Å². The number of ether oxygens (including phenoxy) is 1. The topological polar surface area (TPSA) is 26.3 Å². The molecular weight excluding hydrogens is 236 g/mol. The van der Waals surface area contributed by atoms with E-state index in [2.05, 4.69) is 0 Å². The monoisotopic (exact) mass is 260 g/mol. The molecule has 0 N–H and O–H groups in total. The van der Waals surface area contributed by atoms with Gasteiger partial charge in [0.2, 0.25) is 0 Å². The SMILES string of the molecule is CCOC(C(=O)c1cccc(C)c1)C1CCCCC1. The first-order chi connectivity index (χ1) is 9.22. The lowest BCUT2D eigenvalue weighted by molar-refractivity contribution is 0.0127. The molecule has 0 bridgehead atoms. The summed E-state index contributed by atoms with van der Waals surface area (Å²) in [5.74, 6) is 0.569. The third kappa shape index (κ3) is 3.66. The van der Waals surface area contributed by atoms with Gasteiger partial charge in [-0.05, 0) is 38.7 Å². The summed E-state index contributed by atoms with van der Waals surface area (Å²) in [4.78, 5) is 12.7. The lowest BCUT2D eigenvalue weighted by Gasteiger charge is -2.29. The van der Waals surface area contributed by atoms with Gasteiger partial charge in [-0.3, -0.25) is 4.79 Å². The van der Waals surface area contributed by atoms with E-state index < -0.39 is 0 Å². The molecule has 2 nitrogen and oxygen atoms in total. The maximum atomic E-state index is 12.7. The van der Waals surface area contributed by atoms with Crippen molar-refractivity contribution in [2.45, 2.75) is 52.1 Å². The fraction of sp³-hybridized carbons (Fsp3) is 0.588. The quantitative estimate of drug-likeness (QED) is 0.743. The molecule has 1 fully saturated rings. The van der Waals surface area contributed by atoms with Crippen LogP contribution >= 0.6 is 0 Å². The van der Waals surface area contributed by atoms with Crippen LogP contribution in [0.1, 0.15) is 54.9 Å². The van der Waals surface area contributed by atoms with Gasteiger partial charge in [0.15, 0.2) is 5.78 Å². The third-order valence-electron chi connectivity index (χ3n) is 3.99. The van der Waals surface area contributed by atoms with Gasteiger partial charge in [-0.1, -0.05) is 43.0 Å². The van der Waals surface area contributed by atoms with Crippen molar-refractivity contribution in [2.24, 2.45) is 5.92 Å². The molecule has 2 rings (SSSR count). The second-order valence-electron chi connectivity index (χ2n) is 5.51. The van der Waals surface area contributed by atoms with Gasteiger partial charge in [-0.25, -0.2) is 0 Å². The second kappa shape index (κ2) is 6.85. The molecule has 2 heteroatoms. The van der Waals surface area contributed by atoms with E-state index in [1.54, 1.807) is 0 Å². The molecule has 0 heterocycles. The minimum absolute atomic E-state index is 0.164. The summed E-state index contributed by atoms with van der Waals surface area (Å²) in [6.45, 7) is 4.60. The lowest BCUT2D eigenvalue weighted by Crippen LogP contribution is -2.34. The van der Waals surface area contributed by atoms with Gasteiger partial charge in [-0.15, -0.1) is 0 Å². The van der Waals surface area contributed by atoms with Crippen LogP contribution in [-0.2, 0) is 4.74 Å². The Morgan fingerprint density at radius 2 is 2.05 bits per heavy atom. The van der Waals surface area contributed by atoms with E-state index in [0.717, 1.165) is 24.0 Å². The second-order valence-corrected chi connectivity index (χ2v) is 5.51. The Bertz CT molecular complexity index is 419. The predicted octanol–water partition coefficient (Wildman–Crippen LogP) is 4.16. The van der Waals surface area contributed by atoms with E-state index in [-0.39, 0.29) is 11.9 Å². The van der Waals surface area contributed by atoms with Crippen LogP contribution < -0.4 is 0 Å². The highest BCUT2D eigenvalue weighted by Gasteiger charge is 2.30. The fourth-order valence-electron chi connectivity index (χ4n) is 3.00. The predicted molar refractivity (Wildman–Crippen MR) is 77.5 cm³/mol. The van der Waals surface area contributed by atoms with Crippen LogP contribution in [0.15, 0.2) is 24.3 Å². The van der Waals surface area contributed by atoms with E-state index in [0.29, 0.717) is 12.5 Å². The third-order valence-corrected chi connectivity index (χ3v) is 3.99. The molecule has 19 heavy (non-hydrogen) atoms. The van der Waals surface area contributed by atoms with Crippen LogP contribution in [-0.4, -0.2) is 18.5 Å². The largest absolute Gasteiger partial charge is 0.370 e. The molecule has 0 amide bonds. The Kier molecular flexibility index (Phi) is 5.15. The summed E-state index contributed by atoms with van der Waals surface area (Å²) in [7, 11) is 0. The van der Waals surface area contributed by atoms with Crippen molar-refractivity contribution in [3.63, 3.8) is 0 Å². The van der Waals surface area contributed by atoms with Gasteiger partial charge in [0.25, 0.3) is 0 Å². The average molecular weight is 260 g/mol. The maximum Gasteiger partial charge on any atom is 0.191 e. The van der Waals surface area contributed by atoms with E-state index in [1.807, 2.05) is 38.1 Å². The Balaban J connectivity index is 2.15. The summed E-state index contributed by atoms with van der Waals surface area (Å²) in [5, 5.41) is 0. The molecule has 1 saturated carbocycles. The molecule has 0 aliphatic heterocycles. The maximum absolute atomic E-state index is 12.7. The number of carbonyl (C=O) groups excluding carboxylic acids is 1. The molecule has 1 aliphatic rings. The van der Waals surface area contributed by atoms with Crippen LogP contribution in [0.25, 0.3) is 0 Å². The lowest BCUT2D eigenvalue weighted by atomic mass is 9.82. The van der Waals surface area contributed by atoms with Crippen molar-refractivity contribution in [3.05, 3.63) is 35.4 Å². The van der Waals surface area contributed by atoms with Crippen molar-refractivity contribution in [2.75, 3.05) is 6.61 Å². The number of aryl methyl sites for hydroxylation is 1. The Morgan fingerprint density at radius 1 is 1.32 bits per heavy atom. The average Bonchev–Trinajstić information content (AvgIpc) is 2.45. The molecule has 1 aromatic rings. The molecule has 1 aromatic carbocycles. The van der Waals surface area contributed by atoms with Crippen molar-refractivity contribution < 1.29 is 9.53 Å². The van der Waals surface area contributed by atoms with E-state index >= 15 is 0 Å². The first kappa shape index (κ1) is 14.3. The molecule has 104 valence electrons. The molecule has 0 radical (unpaired) electrons. The van der Waals surface area contributed by atoms with Crippen LogP contribution in [0.2, 0.25) is 0 Å². The number of benzene rings is 1. The van der Waals surface area contributed by atoms with E-state index in [9.17, 15) is 4.79 Å². The van der Waals surface area contributed by atoms with Crippen molar-refractivity contribution in [3.8, 4) is 0 Å². The highest BCUT2D eigenvalue weighted by atomic mass is 16.5. The number of ketones is 1. The van der Waals surface area contributed by atoms with Crippen LogP contribution in [0.5, 0.6) is 0 Å². The Labute approximate surface area is 116 Å². The van der Waals surface area contributed by atoms with Gasteiger partial charge in [0.05, 0.1) is 0 Å². The minimum atomic E-state index is -0.243. The van der Waals surface area contributed by atoms with E-state index in [4.69, 9.17) is 4.74 Å². The standard InChI is InChI=1S/C17H24O2/c1-3-19-17(14-9-5-4-6-10-14)16(18)15-11-7-8-13(2)12-15/h7-8,11-12,14,17H,3-6,9-10H2,1-2H3. The van der Waals surface area contributed by atoms with Crippen molar-refractivity contribution in [1.82, 2.24) is 0 Å². The Hall–Kier alpha value is -1.15. The highest BCUT2D eigenvalue weighted by Crippen LogP contribution is 2.29. The normalized spacial score (nSPS) is 18.2. The number of hydrogen-bond donors (Lipinski definition) is 0. The van der Waals surface area contributed by atoms with Crippen molar-refractivity contribution >= 4 is 5.78 Å². The first-order valence-corrected chi connectivity index (χ1v) is 7.45. The van der Waals surface area contributed by atoms with Crippen LogP contribution in [0, 0.1) is 12.8 Å². The molecule has 0 aromatic heterocycles. The molecule has 0 saturated heterocycles. The zero-order valence-corrected chi connectivity index (χ0v) is 12.0. The van der Waals surface area contributed by atoms with Gasteiger partial charge >= 0.3 is 0 Å². The molecule has 1 unspecified atom stereocenters. The van der Waals surface area contributed by atoms with Gasteiger partial charge in [0.1, 0.15) is 6.10 Å². The summed E-state index contributed by atoms with van der Waals surface area (Å²) in [5.41, 5.74) is 1.92. The molecule has 0 spiro atoms. The number of hydrogen-bond acceptors (Lipinski definition) is 2. The van der Waals surface area contributed by atoms with Crippen molar-refractivity contribution in [1.29, 1.82) is 0 Å². The first-order valence-electron chi connectivity index (χ1n) is 7.45. The smallest absolute Gasteiger partial charge is 0.191 e. The zero-order valence-electron chi connectivity index (χ0n) is 12.0. The molecule has 1 atom stereocenters. The minimum Gasteiger partial charge on any atom is -0.370 e. The summed E-state index contributed by atoms with van der Waals surface area (Å²) in [6.07, 6.45) is 5.77. The highest BCUT2D eigenvalue weighted by molar-refractivity contribution is 5.99. The fourth-order valence-corrected chi connectivity index (χ4v) is 3.00. The zero-order chi connectivity index (χ0) is 13.7.